The van der Waals surface area contributed by atoms with Crippen molar-refractivity contribution in [1.29, 1.82) is 0 Å². The van der Waals surface area contributed by atoms with E-state index in [1.54, 1.807) is 17.0 Å². The topological polar surface area (TPSA) is 58.6 Å². The van der Waals surface area contributed by atoms with Crippen molar-refractivity contribution in [2.24, 2.45) is 0 Å². The molecule has 1 saturated heterocycles. The van der Waals surface area contributed by atoms with Crippen molar-refractivity contribution < 1.29 is 9.53 Å². The molecule has 1 unspecified atom stereocenters. The summed E-state index contributed by atoms with van der Waals surface area (Å²) in [6.45, 7) is 4.35. The van der Waals surface area contributed by atoms with E-state index >= 15 is 0 Å². The van der Waals surface area contributed by atoms with Gasteiger partial charge in [0.2, 0.25) is 0 Å². The fourth-order valence-electron chi connectivity index (χ4n) is 3.31. The number of fused-ring (bicyclic) bond motifs is 1. The zero-order chi connectivity index (χ0) is 17.4. The third kappa shape index (κ3) is 3.02. The molecule has 6 nitrogen and oxygen atoms in total. The minimum atomic E-state index is -0.195. The summed E-state index contributed by atoms with van der Waals surface area (Å²) in [5.41, 5.74) is 0.990. The van der Waals surface area contributed by atoms with Gasteiger partial charge in [-0.05, 0) is 44.0 Å². The highest BCUT2D eigenvalue weighted by molar-refractivity contribution is 6.32. The molecule has 1 aromatic carbocycles. The number of carbonyl (C=O) groups excluding carboxylic acids is 1. The fraction of sp³-hybridized carbons (Fsp3) is 0.389. The number of benzene rings is 1. The summed E-state index contributed by atoms with van der Waals surface area (Å²) in [4.78, 5) is 16.8. The number of aromatic nitrogens is 2. The number of rotatable bonds is 2. The van der Waals surface area contributed by atoms with Crippen molar-refractivity contribution in [3.8, 4) is 5.75 Å². The number of anilines is 2. The van der Waals surface area contributed by atoms with Gasteiger partial charge in [-0.1, -0.05) is 17.7 Å². The Hall–Kier alpha value is -2.34. The quantitative estimate of drug-likeness (QED) is 0.825. The van der Waals surface area contributed by atoms with Gasteiger partial charge >= 0.3 is 0 Å². The van der Waals surface area contributed by atoms with E-state index < -0.39 is 0 Å². The zero-order valence-electron chi connectivity index (χ0n) is 14.0. The van der Waals surface area contributed by atoms with Crippen molar-refractivity contribution in [3.63, 3.8) is 0 Å². The van der Waals surface area contributed by atoms with E-state index in [-0.39, 0.29) is 12.0 Å². The van der Waals surface area contributed by atoms with Gasteiger partial charge in [-0.3, -0.25) is 9.69 Å². The lowest BCUT2D eigenvalue weighted by atomic mass is 10.1. The summed E-state index contributed by atoms with van der Waals surface area (Å²) in [5.74, 6) is 1.17. The molecule has 1 atom stereocenters. The second-order valence-corrected chi connectivity index (χ2v) is 6.81. The van der Waals surface area contributed by atoms with Crippen LogP contribution in [-0.2, 0) is 0 Å². The molecule has 2 aromatic rings. The lowest BCUT2D eigenvalue weighted by Crippen LogP contribution is -2.42. The van der Waals surface area contributed by atoms with Crippen LogP contribution in [0.4, 0.5) is 11.5 Å². The molecule has 2 aliphatic heterocycles. The van der Waals surface area contributed by atoms with Gasteiger partial charge in [0.15, 0.2) is 17.3 Å². The first-order valence-electron chi connectivity index (χ1n) is 8.49. The molecule has 0 N–H and O–H groups in total. The van der Waals surface area contributed by atoms with Crippen LogP contribution in [0.5, 0.6) is 5.75 Å². The van der Waals surface area contributed by atoms with E-state index in [0.717, 1.165) is 18.9 Å². The number of nitrogens with zero attached hydrogens (tertiary/aromatic N) is 4. The molecule has 25 heavy (non-hydrogen) atoms. The first-order chi connectivity index (χ1) is 12.1. The molecular formula is C18H19ClN4O2. The Morgan fingerprint density at radius 1 is 1.20 bits per heavy atom. The summed E-state index contributed by atoms with van der Waals surface area (Å²) in [7, 11) is 0. The van der Waals surface area contributed by atoms with Crippen LogP contribution in [0.3, 0.4) is 0 Å². The number of hydrogen-bond donors (Lipinski definition) is 0. The Balaban J connectivity index is 1.62. The van der Waals surface area contributed by atoms with E-state index in [1.807, 2.05) is 25.1 Å². The lowest BCUT2D eigenvalue weighted by molar-refractivity contribution is 0.0955. The molecular weight excluding hydrogens is 340 g/mol. The van der Waals surface area contributed by atoms with E-state index in [2.05, 4.69) is 15.1 Å². The van der Waals surface area contributed by atoms with E-state index in [0.29, 0.717) is 28.7 Å². The van der Waals surface area contributed by atoms with Gasteiger partial charge in [0, 0.05) is 13.1 Å². The third-order valence-corrected chi connectivity index (χ3v) is 4.84. The standard InChI is InChI=1S/C18H19ClN4O2/c1-12-11-23(15-6-4-5-13(19)17(15)25-12)18(24)14-7-8-16(21-20-14)22-9-2-3-10-22/h4-8,12H,2-3,9-11H2,1H3. The van der Waals surface area contributed by atoms with Gasteiger partial charge in [0.05, 0.1) is 17.3 Å². The maximum absolute atomic E-state index is 13.0. The predicted octanol–water partition coefficient (Wildman–Crippen LogP) is 3.16. The van der Waals surface area contributed by atoms with Crippen LogP contribution in [0.1, 0.15) is 30.3 Å². The molecule has 130 valence electrons. The minimum absolute atomic E-state index is 0.145. The number of para-hydroxylation sites is 1. The van der Waals surface area contributed by atoms with Gasteiger partial charge in [-0.2, -0.15) is 0 Å². The lowest BCUT2D eigenvalue weighted by Gasteiger charge is -2.33. The van der Waals surface area contributed by atoms with Crippen LogP contribution in [0.2, 0.25) is 5.02 Å². The van der Waals surface area contributed by atoms with Gasteiger partial charge < -0.3 is 9.64 Å². The van der Waals surface area contributed by atoms with Crippen LogP contribution in [0.25, 0.3) is 0 Å². The molecule has 0 spiro atoms. The molecule has 0 radical (unpaired) electrons. The van der Waals surface area contributed by atoms with Crippen molar-refractivity contribution in [1.82, 2.24) is 10.2 Å². The minimum Gasteiger partial charge on any atom is -0.485 e. The van der Waals surface area contributed by atoms with Crippen molar-refractivity contribution in [3.05, 3.63) is 41.0 Å². The van der Waals surface area contributed by atoms with Gasteiger partial charge in [0.25, 0.3) is 5.91 Å². The van der Waals surface area contributed by atoms with Crippen LogP contribution >= 0.6 is 11.6 Å². The van der Waals surface area contributed by atoms with Crippen molar-refractivity contribution in [2.75, 3.05) is 29.4 Å². The largest absolute Gasteiger partial charge is 0.485 e. The SMILES string of the molecule is CC1CN(C(=O)c2ccc(N3CCCC3)nn2)c2cccc(Cl)c2O1. The summed E-state index contributed by atoms with van der Waals surface area (Å²) in [6, 6.07) is 9.01. The monoisotopic (exact) mass is 358 g/mol. The number of hydrogen-bond acceptors (Lipinski definition) is 5. The number of amides is 1. The van der Waals surface area contributed by atoms with Crippen molar-refractivity contribution >= 4 is 29.0 Å². The number of ether oxygens (including phenoxy) is 1. The Kier molecular flexibility index (Phi) is 4.21. The van der Waals surface area contributed by atoms with E-state index in [1.165, 1.54) is 12.8 Å². The number of halogens is 1. The Bertz CT molecular complexity index is 790. The smallest absolute Gasteiger partial charge is 0.279 e. The molecule has 0 aliphatic carbocycles. The Morgan fingerprint density at radius 2 is 2.00 bits per heavy atom. The Morgan fingerprint density at radius 3 is 2.72 bits per heavy atom. The van der Waals surface area contributed by atoms with Crippen LogP contribution in [0.15, 0.2) is 30.3 Å². The molecule has 3 heterocycles. The molecule has 2 aliphatic rings. The average molecular weight is 359 g/mol. The van der Waals surface area contributed by atoms with Crippen molar-refractivity contribution in [2.45, 2.75) is 25.9 Å². The first-order valence-corrected chi connectivity index (χ1v) is 8.87. The van der Waals surface area contributed by atoms with Gasteiger partial charge in [0.1, 0.15) is 6.10 Å². The number of carbonyl (C=O) groups is 1. The van der Waals surface area contributed by atoms with Crippen LogP contribution in [-0.4, -0.2) is 41.8 Å². The third-order valence-electron chi connectivity index (χ3n) is 4.54. The summed E-state index contributed by atoms with van der Waals surface area (Å²) >= 11 is 6.22. The van der Waals surface area contributed by atoms with Gasteiger partial charge in [-0.25, -0.2) is 0 Å². The second-order valence-electron chi connectivity index (χ2n) is 6.40. The first kappa shape index (κ1) is 16.1. The summed E-state index contributed by atoms with van der Waals surface area (Å²) < 4.78 is 5.80. The highest BCUT2D eigenvalue weighted by atomic mass is 35.5. The average Bonchev–Trinajstić information content (AvgIpc) is 3.16. The summed E-state index contributed by atoms with van der Waals surface area (Å²) in [5, 5.41) is 8.90. The normalized spacial score (nSPS) is 19.5. The molecule has 4 rings (SSSR count). The summed E-state index contributed by atoms with van der Waals surface area (Å²) in [6.07, 6.45) is 2.20. The van der Waals surface area contributed by atoms with E-state index in [9.17, 15) is 4.79 Å². The van der Waals surface area contributed by atoms with E-state index in [4.69, 9.17) is 16.3 Å². The fourth-order valence-corrected chi connectivity index (χ4v) is 3.52. The molecule has 0 bridgehead atoms. The predicted molar refractivity (Wildman–Crippen MR) is 96.7 cm³/mol. The Labute approximate surface area is 151 Å². The molecule has 1 amide bonds. The highest BCUT2D eigenvalue weighted by Crippen LogP contribution is 2.39. The highest BCUT2D eigenvalue weighted by Gasteiger charge is 2.30. The second kappa shape index (κ2) is 6.52. The van der Waals surface area contributed by atoms with Crippen LogP contribution < -0.4 is 14.5 Å². The molecule has 7 heteroatoms. The van der Waals surface area contributed by atoms with Gasteiger partial charge in [-0.15, -0.1) is 10.2 Å². The maximum atomic E-state index is 13.0. The maximum Gasteiger partial charge on any atom is 0.279 e. The molecule has 0 saturated carbocycles. The zero-order valence-corrected chi connectivity index (χ0v) is 14.7. The molecule has 1 aromatic heterocycles. The van der Waals surface area contributed by atoms with Crippen LogP contribution in [0, 0.1) is 0 Å². The molecule has 1 fully saturated rings.